The third kappa shape index (κ3) is 3.84. The van der Waals surface area contributed by atoms with Crippen molar-refractivity contribution in [2.24, 2.45) is 5.84 Å². The molecule has 0 spiro atoms. The number of nitrogens with two attached hydrogens (primary N) is 1. The quantitative estimate of drug-likeness (QED) is 0.550. The van der Waals surface area contributed by atoms with Gasteiger partial charge in [0.15, 0.2) is 0 Å². The molecule has 0 bridgehead atoms. The van der Waals surface area contributed by atoms with E-state index in [2.05, 4.69) is 57.3 Å². The number of hydrogen-bond acceptors (Lipinski definition) is 5. The topological polar surface area (TPSA) is 75.9 Å². The summed E-state index contributed by atoms with van der Waals surface area (Å²) in [5, 5.41) is 3.65. The third-order valence-electron chi connectivity index (χ3n) is 4.37. The number of aromatic nitrogens is 2. The van der Waals surface area contributed by atoms with E-state index in [0.717, 1.165) is 36.5 Å². The molecule has 0 amide bonds. The smallest absolute Gasteiger partial charge is 0.148 e. The predicted octanol–water partition coefficient (Wildman–Crippen LogP) is 3.75. The maximum Gasteiger partial charge on any atom is 0.148 e. The molecular weight excluding hydrogens is 262 g/mol. The fraction of sp³-hybridized carbons (Fsp3) is 0.750. The van der Waals surface area contributed by atoms with Crippen LogP contribution in [0.25, 0.3) is 0 Å². The molecule has 0 saturated heterocycles. The second kappa shape index (κ2) is 6.60. The molecule has 4 N–H and O–H groups in total. The van der Waals surface area contributed by atoms with Crippen molar-refractivity contribution in [2.75, 3.05) is 10.7 Å². The summed E-state index contributed by atoms with van der Waals surface area (Å²) < 4.78 is 0. The summed E-state index contributed by atoms with van der Waals surface area (Å²) in [4.78, 5) is 9.31. The number of nitrogens with one attached hydrogen (secondary N) is 2. The molecular formula is C16H31N5. The molecule has 1 heterocycles. The summed E-state index contributed by atoms with van der Waals surface area (Å²) in [6.45, 7) is 14.9. The Morgan fingerprint density at radius 3 is 1.81 bits per heavy atom. The van der Waals surface area contributed by atoms with Crippen molar-refractivity contribution in [1.29, 1.82) is 0 Å². The SMILES string of the molecule is CCC(CC)(CC)Nc1nc(C(C)(C)C)nc(NN)c1C. The summed E-state index contributed by atoms with van der Waals surface area (Å²) in [5.74, 6) is 7.99. The minimum absolute atomic E-state index is 0.0696. The van der Waals surface area contributed by atoms with Gasteiger partial charge in [-0.3, -0.25) is 0 Å². The van der Waals surface area contributed by atoms with Crippen LogP contribution in [0.3, 0.4) is 0 Å². The van der Waals surface area contributed by atoms with Gasteiger partial charge in [0.2, 0.25) is 0 Å². The van der Waals surface area contributed by atoms with Crippen LogP contribution in [0.1, 0.15) is 72.2 Å². The molecule has 0 radical (unpaired) electrons. The Morgan fingerprint density at radius 2 is 1.43 bits per heavy atom. The van der Waals surface area contributed by atoms with Gasteiger partial charge in [-0.15, -0.1) is 0 Å². The highest BCUT2D eigenvalue weighted by Crippen LogP contribution is 2.30. The highest BCUT2D eigenvalue weighted by atomic mass is 15.3. The first-order valence-corrected chi connectivity index (χ1v) is 7.87. The van der Waals surface area contributed by atoms with Crippen molar-refractivity contribution in [3.05, 3.63) is 11.4 Å². The lowest BCUT2D eigenvalue weighted by Gasteiger charge is -2.33. The van der Waals surface area contributed by atoms with Gasteiger partial charge in [-0.1, -0.05) is 41.5 Å². The predicted molar refractivity (Wildman–Crippen MR) is 90.5 cm³/mol. The van der Waals surface area contributed by atoms with Crippen LogP contribution in [0.2, 0.25) is 0 Å². The molecule has 0 saturated carbocycles. The molecule has 21 heavy (non-hydrogen) atoms. The summed E-state index contributed by atoms with van der Waals surface area (Å²) in [7, 11) is 0. The molecule has 120 valence electrons. The van der Waals surface area contributed by atoms with Gasteiger partial charge in [-0.2, -0.15) is 0 Å². The van der Waals surface area contributed by atoms with Gasteiger partial charge in [-0.25, -0.2) is 15.8 Å². The second-order valence-electron chi connectivity index (χ2n) is 6.73. The van der Waals surface area contributed by atoms with E-state index in [9.17, 15) is 0 Å². The zero-order valence-corrected chi connectivity index (χ0v) is 14.6. The summed E-state index contributed by atoms with van der Waals surface area (Å²) >= 11 is 0. The Morgan fingerprint density at radius 1 is 0.952 bits per heavy atom. The van der Waals surface area contributed by atoms with Crippen molar-refractivity contribution >= 4 is 11.6 Å². The van der Waals surface area contributed by atoms with Gasteiger partial charge in [0.25, 0.3) is 0 Å². The van der Waals surface area contributed by atoms with Gasteiger partial charge in [-0.05, 0) is 26.2 Å². The first-order valence-electron chi connectivity index (χ1n) is 7.87. The van der Waals surface area contributed by atoms with Gasteiger partial charge < -0.3 is 10.7 Å². The zero-order chi connectivity index (χ0) is 16.3. The number of anilines is 2. The average molecular weight is 293 g/mol. The standard InChI is InChI=1S/C16H31N5/c1-8-16(9-2,10-3)20-12-11(4)13(21-17)19-14(18-12)15(5,6)7/h8-10,17H2,1-7H3,(H2,18,19,20,21). The third-order valence-corrected chi connectivity index (χ3v) is 4.37. The van der Waals surface area contributed by atoms with E-state index in [1.807, 2.05) is 6.92 Å². The number of rotatable bonds is 6. The molecule has 5 heteroatoms. The van der Waals surface area contributed by atoms with Crippen molar-refractivity contribution in [3.63, 3.8) is 0 Å². The van der Waals surface area contributed by atoms with E-state index >= 15 is 0 Å². The lowest BCUT2D eigenvalue weighted by Crippen LogP contribution is -2.37. The van der Waals surface area contributed by atoms with E-state index in [4.69, 9.17) is 10.8 Å². The van der Waals surface area contributed by atoms with Gasteiger partial charge in [0, 0.05) is 16.5 Å². The van der Waals surface area contributed by atoms with Crippen LogP contribution in [0.5, 0.6) is 0 Å². The lowest BCUT2D eigenvalue weighted by atomic mass is 9.89. The molecule has 0 aliphatic rings. The van der Waals surface area contributed by atoms with Crippen LogP contribution in [-0.4, -0.2) is 15.5 Å². The van der Waals surface area contributed by atoms with E-state index in [1.165, 1.54) is 0 Å². The summed E-state index contributed by atoms with van der Waals surface area (Å²) in [6.07, 6.45) is 3.17. The van der Waals surface area contributed by atoms with E-state index < -0.39 is 0 Å². The number of hydrazine groups is 1. The van der Waals surface area contributed by atoms with Crippen molar-refractivity contribution in [1.82, 2.24) is 9.97 Å². The fourth-order valence-corrected chi connectivity index (χ4v) is 2.38. The molecule has 0 unspecified atom stereocenters. The molecule has 1 aromatic heterocycles. The Hall–Kier alpha value is -1.36. The molecule has 0 aromatic carbocycles. The summed E-state index contributed by atoms with van der Waals surface area (Å²) in [6, 6.07) is 0. The molecule has 0 aliphatic carbocycles. The van der Waals surface area contributed by atoms with Crippen molar-refractivity contribution in [3.8, 4) is 0 Å². The first-order chi connectivity index (χ1) is 9.72. The minimum Gasteiger partial charge on any atom is -0.364 e. The highest BCUT2D eigenvalue weighted by molar-refractivity contribution is 5.58. The van der Waals surface area contributed by atoms with Crippen LogP contribution >= 0.6 is 0 Å². The number of nitrogen functional groups attached to an aromatic ring is 1. The highest BCUT2D eigenvalue weighted by Gasteiger charge is 2.27. The van der Waals surface area contributed by atoms with Crippen LogP contribution < -0.4 is 16.6 Å². The minimum atomic E-state index is -0.122. The molecule has 1 rings (SSSR count). The van der Waals surface area contributed by atoms with Crippen LogP contribution in [-0.2, 0) is 5.41 Å². The maximum atomic E-state index is 5.62. The van der Waals surface area contributed by atoms with E-state index in [-0.39, 0.29) is 11.0 Å². The van der Waals surface area contributed by atoms with Gasteiger partial charge in [0.05, 0.1) is 0 Å². The number of hydrogen-bond donors (Lipinski definition) is 3. The Bertz CT molecular complexity index is 464. The van der Waals surface area contributed by atoms with E-state index in [0.29, 0.717) is 5.82 Å². The second-order valence-corrected chi connectivity index (χ2v) is 6.73. The molecule has 1 aromatic rings. The molecule has 0 fully saturated rings. The normalized spacial score (nSPS) is 12.4. The zero-order valence-electron chi connectivity index (χ0n) is 14.6. The molecule has 0 atom stereocenters. The van der Waals surface area contributed by atoms with Gasteiger partial charge >= 0.3 is 0 Å². The van der Waals surface area contributed by atoms with Crippen LogP contribution in [0, 0.1) is 6.92 Å². The van der Waals surface area contributed by atoms with E-state index in [1.54, 1.807) is 0 Å². The molecule has 5 nitrogen and oxygen atoms in total. The Labute approximate surface area is 129 Å². The fourth-order valence-electron chi connectivity index (χ4n) is 2.38. The van der Waals surface area contributed by atoms with Gasteiger partial charge in [0.1, 0.15) is 17.5 Å². The average Bonchev–Trinajstić information content (AvgIpc) is 2.45. The Kier molecular flexibility index (Phi) is 5.56. The first kappa shape index (κ1) is 17.7. The maximum absolute atomic E-state index is 5.62. The molecule has 0 aliphatic heterocycles. The summed E-state index contributed by atoms with van der Waals surface area (Å²) in [5.41, 5.74) is 3.61. The van der Waals surface area contributed by atoms with Crippen molar-refractivity contribution < 1.29 is 0 Å². The van der Waals surface area contributed by atoms with Crippen molar-refractivity contribution in [2.45, 2.75) is 78.7 Å². The lowest BCUT2D eigenvalue weighted by molar-refractivity contribution is 0.417. The number of nitrogens with zero attached hydrogens (tertiary/aromatic N) is 2. The Balaban J connectivity index is 3.34. The largest absolute Gasteiger partial charge is 0.364 e. The van der Waals surface area contributed by atoms with Crippen LogP contribution in [0.4, 0.5) is 11.6 Å². The monoisotopic (exact) mass is 293 g/mol. The van der Waals surface area contributed by atoms with Crippen LogP contribution in [0.15, 0.2) is 0 Å².